The van der Waals surface area contributed by atoms with Gasteiger partial charge in [-0.15, -0.1) is 0 Å². The Bertz CT molecular complexity index is 888. The first-order valence-electron chi connectivity index (χ1n) is 8.00. The molecule has 0 aromatic heterocycles. The number of amides is 1. The summed E-state index contributed by atoms with van der Waals surface area (Å²) in [5, 5.41) is 3.69. The van der Waals surface area contributed by atoms with E-state index in [0.717, 1.165) is 16.1 Å². The first-order chi connectivity index (χ1) is 12.2. The zero-order valence-corrected chi connectivity index (χ0v) is 16.8. The zero-order chi connectivity index (χ0) is 19.3. The Morgan fingerprint density at radius 2 is 1.85 bits per heavy atom. The molecule has 0 spiro atoms. The van der Waals surface area contributed by atoms with Gasteiger partial charge in [0.2, 0.25) is 15.9 Å². The summed E-state index contributed by atoms with van der Waals surface area (Å²) in [6, 6.07) is 12.7. The van der Waals surface area contributed by atoms with Gasteiger partial charge in [-0.1, -0.05) is 54.4 Å². The van der Waals surface area contributed by atoms with Gasteiger partial charge < -0.3 is 5.32 Å². The van der Waals surface area contributed by atoms with Crippen molar-refractivity contribution in [3.63, 3.8) is 0 Å². The summed E-state index contributed by atoms with van der Waals surface area (Å²) in [5.74, 6) is -0.405. The second-order valence-corrected chi connectivity index (χ2v) is 8.48. The van der Waals surface area contributed by atoms with Crippen LogP contribution in [0.2, 0.25) is 10.0 Å². The molecule has 0 aliphatic heterocycles. The smallest absolute Gasteiger partial charge is 0.244 e. The molecule has 2 rings (SSSR count). The van der Waals surface area contributed by atoms with E-state index in [4.69, 9.17) is 23.2 Å². The molecule has 0 bridgehead atoms. The van der Waals surface area contributed by atoms with Crippen LogP contribution in [0.5, 0.6) is 0 Å². The van der Waals surface area contributed by atoms with Crippen molar-refractivity contribution in [2.75, 3.05) is 10.6 Å². The van der Waals surface area contributed by atoms with Crippen LogP contribution < -0.4 is 9.62 Å². The second kappa shape index (κ2) is 8.75. The van der Waals surface area contributed by atoms with Crippen molar-refractivity contribution in [2.45, 2.75) is 25.9 Å². The lowest BCUT2D eigenvalue weighted by molar-refractivity contribution is -0.122. The lowest BCUT2D eigenvalue weighted by Gasteiger charge is -2.30. The molecule has 1 N–H and O–H groups in total. The Morgan fingerprint density at radius 3 is 2.42 bits per heavy atom. The van der Waals surface area contributed by atoms with E-state index in [1.807, 2.05) is 6.07 Å². The Hall–Kier alpha value is -1.76. The molecular formula is C18H20Cl2N2O3S. The minimum Gasteiger partial charge on any atom is -0.350 e. The normalized spacial score (nSPS) is 12.5. The van der Waals surface area contributed by atoms with Gasteiger partial charge in [-0.2, -0.15) is 0 Å². The third-order valence-electron chi connectivity index (χ3n) is 3.80. The summed E-state index contributed by atoms with van der Waals surface area (Å²) in [7, 11) is -3.69. The summed E-state index contributed by atoms with van der Waals surface area (Å²) >= 11 is 12.1. The number of rotatable bonds is 7. The first kappa shape index (κ1) is 20.6. The van der Waals surface area contributed by atoms with Crippen LogP contribution in [0.25, 0.3) is 0 Å². The number of hydrogen-bond acceptors (Lipinski definition) is 3. The first-order valence-corrected chi connectivity index (χ1v) is 10.6. The summed E-state index contributed by atoms with van der Waals surface area (Å²) in [6.07, 6.45) is 1.37. The molecule has 26 heavy (non-hydrogen) atoms. The van der Waals surface area contributed by atoms with E-state index < -0.39 is 22.0 Å². The molecule has 0 fully saturated rings. The van der Waals surface area contributed by atoms with Crippen LogP contribution in [-0.2, 0) is 21.4 Å². The lowest BCUT2D eigenvalue weighted by Crippen LogP contribution is -2.49. The van der Waals surface area contributed by atoms with Crippen molar-refractivity contribution in [1.82, 2.24) is 5.32 Å². The van der Waals surface area contributed by atoms with Gasteiger partial charge in [-0.3, -0.25) is 9.10 Å². The number of halogens is 2. The maximum atomic E-state index is 12.7. The van der Waals surface area contributed by atoms with Gasteiger partial charge in [0.05, 0.1) is 11.9 Å². The molecule has 0 radical (unpaired) electrons. The van der Waals surface area contributed by atoms with Crippen LogP contribution in [0, 0.1) is 0 Å². The van der Waals surface area contributed by atoms with Gasteiger partial charge >= 0.3 is 0 Å². The number of hydrogen-bond donors (Lipinski definition) is 1. The number of nitrogens with zero attached hydrogens (tertiary/aromatic N) is 1. The highest BCUT2D eigenvalue weighted by atomic mass is 35.5. The lowest BCUT2D eigenvalue weighted by atomic mass is 10.1. The Balaban J connectivity index is 2.27. The third-order valence-corrected chi connectivity index (χ3v) is 5.59. The monoisotopic (exact) mass is 414 g/mol. The summed E-state index contributed by atoms with van der Waals surface area (Å²) in [5.41, 5.74) is 1.10. The average Bonchev–Trinajstić information content (AvgIpc) is 2.57. The number of carbonyl (C=O) groups is 1. The highest BCUT2D eigenvalue weighted by molar-refractivity contribution is 7.92. The molecule has 1 amide bonds. The molecule has 2 aromatic carbocycles. The molecule has 0 saturated carbocycles. The SMILES string of the molecule is CC[C@@H](C(=O)NCc1ccccc1Cl)N(c1cccc(Cl)c1)S(C)(=O)=O. The summed E-state index contributed by atoms with van der Waals surface area (Å²) in [6.45, 7) is 1.96. The van der Waals surface area contributed by atoms with Crippen molar-refractivity contribution < 1.29 is 13.2 Å². The van der Waals surface area contributed by atoms with Gasteiger partial charge in [-0.05, 0) is 36.2 Å². The molecule has 0 aliphatic carbocycles. The van der Waals surface area contributed by atoms with Gasteiger partial charge in [0.25, 0.3) is 0 Å². The van der Waals surface area contributed by atoms with Crippen molar-refractivity contribution in [1.29, 1.82) is 0 Å². The minimum atomic E-state index is -3.69. The maximum Gasteiger partial charge on any atom is 0.244 e. The number of anilines is 1. The number of benzene rings is 2. The van der Waals surface area contributed by atoms with E-state index in [1.165, 1.54) is 6.07 Å². The van der Waals surface area contributed by atoms with E-state index in [9.17, 15) is 13.2 Å². The van der Waals surface area contributed by atoms with Gasteiger partial charge in [-0.25, -0.2) is 8.42 Å². The molecule has 140 valence electrons. The molecule has 8 heteroatoms. The highest BCUT2D eigenvalue weighted by Crippen LogP contribution is 2.25. The molecule has 0 aliphatic rings. The van der Waals surface area contributed by atoms with E-state index >= 15 is 0 Å². The van der Waals surface area contributed by atoms with Crippen molar-refractivity contribution >= 4 is 44.8 Å². The molecule has 0 saturated heterocycles. The molecular weight excluding hydrogens is 395 g/mol. The fourth-order valence-electron chi connectivity index (χ4n) is 2.62. The van der Waals surface area contributed by atoms with Crippen molar-refractivity contribution in [3.05, 3.63) is 64.1 Å². The van der Waals surface area contributed by atoms with Gasteiger partial charge in [0.1, 0.15) is 6.04 Å². The third kappa shape index (κ3) is 5.13. The van der Waals surface area contributed by atoms with Crippen molar-refractivity contribution in [2.24, 2.45) is 0 Å². The Kier molecular flexibility index (Phi) is 6.92. The summed E-state index contributed by atoms with van der Waals surface area (Å²) < 4.78 is 25.8. The van der Waals surface area contributed by atoms with Crippen molar-refractivity contribution in [3.8, 4) is 0 Å². The molecule has 1 atom stereocenters. The predicted molar refractivity (Wildman–Crippen MR) is 106 cm³/mol. The van der Waals surface area contributed by atoms with Crippen LogP contribution in [0.1, 0.15) is 18.9 Å². The quantitative estimate of drug-likeness (QED) is 0.747. The molecule has 5 nitrogen and oxygen atoms in total. The van der Waals surface area contributed by atoms with Crippen LogP contribution in [0.3, 0.4) is 0 Å². The highest BCUT2D eigenvalue weighted by Gasteiger charge is 2.31. The Labute approximate surface area is 164 Å². The van der Waals surface area contributed by atoms with Gasteiger partial charge in [0.15, 0.2) is 0 Å². The van der Waals surface area contributed by atoms with Crippen LogP contribution in [0.15, 0.2) is 48.5 Å². The van der Waals surface area contributed by atoms with E-state index in [1.54, 1.807) is 43.3 Å². The van der Waals surface area contributed by atoms with E-state index in [2.05, 4.69) is 5.32 Å². The Morgan fingerprint density at radius 1 is 1.15 bits per heavy atom. The summed E-state index contributed by atoms with van der Waals surface area (Å²) in [4.78, 5) is 12.7. The standard InChI is InChI=1S/C18H20Cl2N2O3S/c1-3-17(18(23)21-12-13-7-4-5-10-16(13)20)22(26(2,24)25)15-9-6-8-14(19)11-15/h4-11,17H,3,12H2,1-2H3,(H,21,23)/t17-/m0/s1. The second-order valence-electron chi connectivity index (χ2n) is 5.77. The predicted octanol–water partition coefficient (Wildman–Crippen LogP) is 3.85. The number of sulfonamides is 1. The molecule has 2 aromatic rings. The topological polar surface area (TPSA) is 66.5 Å². The molecule has 0 unspecified atom stereocenters. The number of carbonyl (C=O) groups excluding carboxylic acids is 1. The van der Waals surface area contributed by atoms with Gasteiger partial charge in [0, 0.05) is 16.6 Å². The largest absolute Gasteiger partial charge is 0.350 e. The van der Waals surface area contributed by atoms with Crippen LogP contribution in [0.4, 0.5) is 5.69 Å². The van der Waals surface area contributed by atoms with E-state index in [-0.39, 0.29) is 6.54 Å². The van der Waals surface area contributed by atoms with Crippen LogP contribution in [-0.4, -0.2) is 26.6 Å². The zero-order valence-electron chi connectivity index (χ0n) is 14.4. The van der Waals surface area contributed by atoms with Crippen LogP contribution >= 0.6 is 23.2 Å². The fraction of sp³-hybridized carbons (Fsp3) is 0.278. The fourth-order valence-corrected chi connectivity index (χ4v) is 4.21. The maximum absolute atomic E-state index is 12.7. The van der Waals surface area contributed by atoms with E-state index in [0.29, 0.717) is 22.2 Å². The molecule has 0 heterocycles. The number of nitrogens with one attached hydrogen (secondary N) is 1. The minimum absolute atomic E-state index is 0.210. The average molecular weight is 415 g/mol.